The number of carbonyl (C=O) groups excluding carboxylic acids is 2. The minimum Gasteiger partial charge on any atom is -0.504 e. The van der Waals surface area contributed by atoms with Crippen molar-refractivity contribution in [2.24, 2.45) is 0 Å². The summed E-state index contributed by atoms with van der Waals surface area (Å²) in [7, 11) is 0. The summed E-state index contributed by atoms with van der Waals surface area (Å²) in [4.78, 5) is 38.4. The van der Waals surface area contributed by atoms with Gasteiger partial charge in [-0.3, -0.25) is 4.79 Å². The van der Waals surface area contributed by atoms with E-state index in [4.69, 9.17) is 28.1 Å². The summed E-state index contributed by atoms with van der Waals surface area (Å²) in [6, 6.07) is 4.46. The van der Waals surface area contributed by atoms with Crippen LogP contribution in [0, 0.1) is 0 Å². The number of ether oxygens (including phenoxy) is 5. The minimum absolute atomic E-state index is 0.0696. The van der Waals surface area contributed by atoms with Crippen molar-refractivity contribution in [2.75, 3.05) is 13.2 Å². The van der Waals surface area contributed by atoms with Crippen molar-refractivity contribution in [1.82, 2.24) is 0 Å². The third kappa shape index (κ3) is 11.5. The normalized spacial score (nSPS) is 27.5. The number of benzene rings is 2. The molecule has 344 valence electrons. The van der Waals surface area contributed by atoms with Crippen LogP contribution in [0.1, 0.15) is 27.7 Å². The molecule has 2 aliphatic heterocycles. The van der Waals surface area contributed by atoms with Crippen molar-refractivity contribution >= 4 is 33.9 Å². The van der Waals surface area contributed by atoms with Crippen LogP contribution in [0.15, 0.2) is 117 Å². The van der Waals surface area contributed by atoms with Gasteiger partial charge < -0.3 is 79.2 Å². The van der Waals surface area contributed by atoms with Crippen LogP contribution < -0.4 is 10.2 Å². The molecule has 0 bridgehead atoms. The molecule has 19 heteroatoms. The Morgan fingerprint density at radius 3 is 1.81 bits per heavy atom. The molecule has 10 atom stereocenters. The van der Waals surface area contributed by atoms with E-state index in [1.165, 1.54) is 38.1 Å². The molecular weight excluding hydrogens is 844 g/mol. The third-order valence-corrected chi connectivity index (χ3v) is 10.1. The molecule has 0 saturated carbocycles. The van der Waals surface area contributed by atoms with Gasteiger partial charge >= 0.3 is 11.9 Å². The Morgan fingerprint density at radius 2 is 1.20 bits per heavy atom. The van der Waals surface area contributed by atoms with Crippen LogP contribution in [-0.4, -0.2) is 138 Å². The molecule has 2 aliphatic rings. The second-order valence-corrected chi connectivity index (χ2v) is 15.0. The van der Waals surface area contributed by atoms with E-state index in [-0.39, 0.29) is 38.8 Å². The highest BCUT2D eigenvalue weighted by Gasteiger charge is 2.47. The number of phenolic OH excluding ortho intramolecular Hbond substituents is 3. The average Bonchev–Trinajstić information content (AvgIpc) is 3.26. The fourth-order valence-electron chi connectivity index (χ4n) is 6.29. The van der Waals surface area contributed by atoms with Gasteiger partial charge in [0.25, 0.3) is 0 Å². The van der Waals surface area contributed by atoms with E-state index in [9.17, 15) is 65.4 Å². The maximum Gasteiger partial charge on any atom is 0.336 e. The molecule has 64 heavy (non-hydrogen) atoms. The van der Waals surface area contributed by atoms with Crippen LogP contribution in [0.25, 0.3) is 21.9 Å². The van der Waals surface area contributed by atoms with Crippen molar-refractivity contribution in [3.05, 3.63) is 118 Å². The predicted molar refractivity (Wildman–Crippen MR) is 226 cm³/mol. The first-order valence-electron chi connectivity index (χ1n) is 19.7. The Balaban J connectivity index is 1.11. The van der Waals surface area contributed by atoms with Gasteiger partial charge in [-0.1, -0.05) is 71.9 Å². The summed E-state index contributed by atoms with van der Waals surface area (Å²) in [6.45, 7) is 5.37. The lowest BCUT2D eigenvalue weighted by Crippen LogP contribution is -2.60. The van der Waals surface area contributed by atoms with Gasteiger partial charge in [0.1, 0.15) is 72.0 Å². The lowest BCUT2D eigenvalue weighted by atomic mass is 9.99. The van der Waals surface area contributed by atoms with Gasteiger partial charge in [0, 0.05) is 17.2 Å². The molecule has 3 heterocycles. The fraction of sp³-hybridized carbons (Fsp3) is 0.356. The number of carbonyl (C=O) groups is 2. The molecule has 2 aromatic carbocycles. The molecule has 0 aliphatic carbocycles. The molecule has 0 radical (unpaired) electrons. The maximum atomic E-state index is 13.2. The van der Waals surface area contributed by atoms with Gasteiger partial charge in [-0.15, -0.1) is 0 Å². The van der Waals surface area contributed by atoms with Crippen LogP contribution in [0.2, 0.25) is 0 Å². The van der Waals surface area contributed by atoms with E-state index >= 15 is 0 Å². The number of hydrogen-bond acceptors (Lipinski definition) is 19. The third-order valence-electron chi connectivity index (χ3n) is 10.1. The topological polar surface area (TPSA) is 313 Å². The van der Waals surface area contributed by atoms with E-state index in [1.807, 2.05) is 13.8 Å². The van der Waals surface area contributed by atoms with Gasteiger partial charge in [0.2, 0.25) is 18.0 Å². The second-order valence-electron chi connectivity index (χ2n) is 15.0. The standard InChI is InChI=1S/C45H50O19/c1-21(9-5-6-10-22(2)12-8-14-24(4)43(58)64-45-41(56)38(53)36(51)31(19-46)62-45)11-7-13-23(3)42(57)59-20-32-37(52)39(54)40(55)44(63-32)61-29-16-15-28-33(35(29)50)34(49)25-17-26(47)27(48)18-30(25)60-28/h5-18,31-32,36-41,44-48,50-56H,19-20H2,1-4H3. The van der Waals surface area contributed by atoms with Crippen molar-refractivity contribution in [3.63, 3.8) is 0 Å². The van der Waals surface area contributed by atoms with Gasteiger partial charge in [0.05, 0.1) is 12.0 Å². The molecular formula is C45H50O19. The number of aliphatic hydroxyl groups excluding tert-OH is 7. The summed E-state index contributed by atoms with van der Waals surface area (Å²) in [5, 5.41) is 101. The van der Waals surface area contributed by atoms with Gasteiger partial charge in [0.15, 0.2) is 23.0 Å². The number of aliphatic hydroxyl groups is 7. The zero-order valence-corrected chi connectivity index (χ0v) is 34.9. The van der Waals surface area contributed by atoms with Crippen molar-refractivity contribution < 1.29 is 88.8 Å². The Labute approximate surface area is 364 Å². The summed E-state index contributed by atoms with van der Waals surface area (Å²) >= 11 is 0. The number of hydrogen-bond donors (Lipinski definition) is 10. The number of allylic oxidation sites excluding steroid dienone is 12. The van der Waals surface area contributed by atoms with E-state index in [0.29, 0.717) is 0 Å². The number of rotatable bonds is 14. The molecule has 5 rings (SSSR count). The lowest BCUT2D eigenvalue weighted by Gasteiger charge is -2.39. The van der Waals surface area contributed by atoms with Crippen LogP contribution in [-0.2, 0) is 28.5 Å². The van der Waals surface area contributed by atoms with Crippen molar-refractivity contribution in [2.45, 2.75) is 89.1 Å². The first kappa shape index (κ1) is 48.9. The summed E-state index contributed by atoms with van der Waals surface area (Å²) < 4.78 is 32.4. The zero-order chi connectivity index (χ0) is 47.0. The molecule has 10 unspecified atom stereocenters. The van der Waals surface area contributed by atoms with E-state index in [0.717, 1.165) is 23.3 Å². The van der Waals surface area contributed by atoms with Gasteiger partial charge in [-0.05, 0) is 45.9 Å². The zero-order valence-electron chi connectivity index (χ0n) is 34.9. The number of esters is 2. The molecule has 10 N–H and O–H groups in total. The number of aromatic hydroxyl groups is 3. The molecule has 3 aromatic rings. The van der Waals surface area contributed by atoms with Crippen molar-refractivity contribution in [3.8, 4) is 23.0 Å². The molecule has 19 nitrogen and oxygen atoms in total. The highest BCUT2D eigenvalue weighted by Crippen LogP contribution is 2.38. The predicted octanol–water partition coefficient (Wildman–Crippen LogP) is 1.59. The smallest absolute Gasteiger partial charge is 0.336 e. The van der Waals surface area contributed by atoms with Crippen molar-refractivity contribution in [1.29, 1.82) is 0 Å². The largest absolute Gasteiger partial charge is 0.504 e. The number of fused-ring (bicyclic) bond motifs is 2. The number of phenols is 3. The Hall–Kier alpha value is -6.13. The van der Waals surface area contributed by atoms with Gasteiger partial charge in [-0.25, -0.2) is 9.59 Å². The molecule has 1 aromatic heterocycles. The average molecular weight is 895 g/mol. The quantitative estimate of drug-likeness (QED) is 0.0361. The molecule has 2 saturated heterocycles. The first-order chi connectivity index (χ1) is 30.3. The Bertz CT molecular complexity index is 2470. The molecule has 0 amide bonds. The first-order valence-corrected chi connectivity index (χ1v) is 19.7. The van der Waals surface area contributed by atoms with E-state index < -0.39 is 109 Å². The second kappa shape index (κ2) is 21.5. The van der Waals surface area contributed by atoms with E-state index in [2.05, 4.69) is 0 Å². The summed E-state index contributed by atoms with van der Waals surface area (Å²) in [5.41, 5.74) is 1.01. The maximum absolute atomic E-state index is 13.2. The Morgan fingerprint density at radius 1 is 0.656 bits per heavy atom. The van der Waals surface area contributed by atoms with Gasteiger partial charge in [-0.2, -0.15) is 0 Å². The lowest BCUT2D eigenvalue weighted by molar-refractivity contribution is -0.291. The highest BCUT2D eigenvalue weighted by atomic mass is 16.7. The Kier molecular flexibility index (Phi) is 16.4. The minimum atomic E-state index is -1.85. The van der Waals surface area contributed by atoms with Crippen LogP contribution in [0.3, 0.4) is 0 Å². The van der Waals surface area contributed by atoms with Crippen LogP contribution in [0.5, 0.6) is 23.0 Å². The van der Waals surface area contributed by atoms with Crippen LogP contribution in [0.4, 0.5) is 0 Å². The molecule has 0 spiro atoms. The summed E-state index contributed by atoms with van der Waals surface area (Å²) in [5.74, 6) is -3.85. The fourth-order valence-corrected chi connectivity index (χ4v) is 6.29. The SMILES string of the molecule is CC(C=CC=C(C)C(=O)OCC1OC(Oc2ccc3oc4cc(O)c(O)cc4c(=O)c3c2O)C(O)C(O)C1O)=CC=CC=C(C)C=CC=C(C)C(=O)OC1OC(CO)C(O)C(O)C1O. The highest BCUT2D eigenvalue weighted by molar-refractivity contribution is 5.95. The van der Waals surface area contributed by atoms with Crippen LogP contribution >= 0.6 is 0 Å². The van der Waals surface area contributed by atoms with E-state index in [1.54, 1.807) is 48.6 Å². The monoisotopic (exact) mass is 894 g/mol. The summed E-state index contributed by atoms with van der Waals surface area (Å²) in [6.07, 6.45) is 0.486. The molecule has 2 fully saturated rings.